The van der Waals surface area contributed by atoms with E-state index in [1.54, 1.807) is 30.2 Å². The quantitative estimate of drug-likeness (QED) is 0.264. The number of benzene rings is 2. The molecule has 0 saturated heterocycles. The van der Waals surface area contributed by atoms with Crippen LogP contribution in [0.1, 0.15) is 49.7 Å². The van der Waals surface area contributed by atoms with Gasteiger partial charge in [-0.2, -0.15) is 0 Å². The minimum absolute atomic E-state index is 0.0662. The lowest BCUT2D eigenvalue weighted by Crippen LogP contribution is -2.49. The van der Waals surface area contributed by atoms with Gasteiger partial charge in [-0.3, -0.25) is 4.79 Å². The number of para-hydroxylation sites is 1. The van der Waals surface area contributed by atoms with E-state index in [0.29, 0.717) is 5.78 Å². The van der Waals surface area contributed by atoms with Crippen LogP contribution in [0.15, 0.2) is 52.9 Å². The van der Waals surface area contributed by atoms with Crippen LogP contribution in [-0.2, 0) is 10.5 Å². The number of hydrogen-bond donors (Lipinski definition) is 0. The number of rotatable bonds is 7. The lowest BCUT2D eigenvalue weighted by molar-refractivity contribution is -0.138. The number of fused-ring (bicyclic) bond motifs is 1. The summed E-state index contributed by atoms with van der Waals surface area (Å²) in [6.45, 7) is 0. The standard InChI is InChI=1S/C28H29NO2S2/c1-31-24-8-6-18(13-22(24)17-32-27-29-23-4-2-3-5-25(23)33-27)7-9-26(30)28-14-19-10-20(15-28)12-21(11-19)16-28/h2-9,13,19-21H,10-12,14-17H2,1H3. The minimum Gasteiger partial charge on any atom is -0.496 e. The van der Waals surface area contributed by atoms with E-state index in [9.17, 15) is 4.79 Å². The Morgan fingerprint density at radius 1 is 1.12 bits per heavy atom. The second kappa shape index (κ2) is 8.59. The molecule has 7 rings (SSSR count). The van der Waals surface area contributed by atoms with Crippen molar-refractivity contribution >= 4 is 45.2 Å². The number of carbonyl (C=O) groups is 1. The van der Waals surface area contributed by atoms with Crippen molar-refractivity contribution in [1.29, 1.82) is 0 Å². The van der Waals surface area contributed by atoms with Gasteiger partial charge in [-0.1, -0.05) is 36.0 Å². The van der Waals surface area contributed by atoms with Crippen LogP contribution in [-0.4, -0.2) is 17.9 Å². The van der Waals surface area contributed by atoms with Crippen LogP contribution in [0.2, 0.25) is 0 Å². The van der Waals surface area contributed by atoms with Gasteiger partial charge in [-0.05, 0) is 92.2 Å². The molecule has 0 aliphatic heterocycles. The molecule has 3 aromatic rings. The number of thioether (sulfide) groups is 1. The maximum Gasteiger partial charge on any atom is 0.161 e. The van der Waals surface area contributed by atoms with E-state index in [4.69, 9.17) is 9.72 Å². The molecular weight excluding hydrogens is 446 g/mol. The van der Waals surface area contributed by atoms with Gasteiger partial charge in [0.05, 0.1) is 17.3 Å². The summed E-state index contributed by atoms with van der Waals surface area (Å²) in [6.07, 6.45) is 11.4. The highest BCUT2D eigenvalue weighted by atomic mass is 32.2. The van der Waals surface area contributed by atoms with Crippen molar-refractivity contribution in [2.45, 2.75) is 48.6 Å². The molecule has 0 radical (unpaired) electrons. The Morgan fingerprint density at radius 2 is 1.85 bits per heavy atom. The number of hydrogen-bond acceptors (Lipinski definition) is 5. The fourth-order valence-electron chi connectivity index (χ4n) is 6.83. The maximum atomic E-state index is 13.4. The Morgan fingerprint density at radius 3 is 2.55 bits per heavy atom. The van der Waals surface area contributed by atoms with Gasteiger partial charge in [0.2, 0.25) is 0 Å². The number of ketones is 1. The molecule has 33 heavy (non-hydrogen) atoms. The number of thiazole rings is 1. The minimum atomic E-state index is -0.0662. The lowest BCUT2D eigenvalue weighted by atomic mass is 9.48. The van der Waals surface area contributed by atoms with Gasteiger partial charge in [0.15, 0.2) is 10.1 Å². The van der Waals surface area contributed by atoms with Crippen LogP contribution in [0.3, 0.4) is 0 Å². The molecule has 4 fully saturated rings. The molecule has 0 atom stereocenters. The summed E-state index contributed by atoms with van der Waals surface area (Å²) in [5, 5.41) is 0. The maximum absolute atomic E-state index is 13.4. The van der Waals surface area contributed by atoms with Crippen LogP contribution < -0.4 is 4.74 Å². The van der Waals surface area contributed by atoms with Gasteiger partial charge in [-0.25, -0.2) is 4.98 Å². The number of ether oxygens (including phenoxy) is 1. The van der Waals surface area contributed by atoms with Gasteiger partial charge < -0.3 is 4.74 Å². The normalized spacial score (nSPS) is 28.1. The molecule has 4 saturated carbocycles. The van der Waals surface area contributed by atoms with Gasteiger partial charge in [0, 0.05) is 16.7 Å². The molecule has 4 aliphatic rings. The van der Waals surface area contributed by atoms with Crippen LogP contribution in [0.4, 0.5) is 0 Å². The Labute approximate surface area is 203 Å². The average molecular weight is 476 g/mol. The molecule has 0 amide bonds. The van der Waals surface area contributed by atoms with Crippen LogP contribution in [0.25, 0.3) is 16.3 Å². The number of carbonyl (C=O) groups excluding carboxylic acids is 1. The Bertz CT molecular complexity index is 1160. The van der Waals surface area contributed by atoms with E-state index in [1.165, 1.54) is 24.0 Å². The number of allylic oxidation sites excluding steroid dienone is 1. The second-order valence-corrected chi connectivity index (χ2v) is 12.5. The monoisotopic (exact) mass is 475 g/mol. The third-order valence-electron chi connectivity index (χ3n) is 7.92. The van der Waals surface area contributed by atoms with E-state index in [-0.39, 0.29) is 5.41 Å². The van der Waals surface area contributed by atoms with E-state index in [0.717, 1.165) is 69.5 Å². The highest BCUT2D eigenvalue weighted by Gasteiger charge is 2.53. The number of aromatic nitrogens is 1. The topological polar surface area (TPSA) is 39.2 Å². The second-order valence-electron chi connectivity index (χ2n) is 10.2. The first kappa shape index (κ1) is 21.4. The van der Waals surface area contributed by atoms with E-state index in [2.05, 4.69) is 24.3 Å². The summed E-state index contributed by atoms with van der Waals surface area (Å²) in [5.74, 6) is 4.41. The van der Waals surface area contributed by atoms with Crippen LogP contribution >= 0.6 is 23.1 Å². The summed E-state index contributed by atoms with van der Waals surface area (Å²) >= 11 is 3.46. The molecule has 0 unspecified atom stereocenters. The molecular formula is C28H29NO2S2. The zero-order valence-corrected chi connectivity index (χ0v) is 20.6. The fourth-order valence-corrected chi connectivity index (χ4v) is 8.87. The van der Waals surface area contributed by atoms with Gasteiger partial charge in [-0.15, -0.1) is 11.3 Å². The summed E-state index contributed by atoms with van der Waals surface area (Å²) in [4.78, 5) is 18.1. The summed E-state index contributed by atoms with van der Waals surface area (Å²) in [7, 11) is 1.72. The van der Waals surface area contributed by atoms with Gasteiger partial charge in [0.1, 0.15) is 5.75 Å². The highest BCUT2D eigenvalue weighted by Crippen LogP contribution is 2.60. The molecule has 2 aromatic carbocycles. The van der Waals surface area contributed by atoms with E-state index < -0.39 is 0 Å². The molecule has 5 heteroatoms. The van der Waals surface area contributed by atoms with Crippen molar-refractivity contribution in [3.63, 3.8) is 0 Å². The largest absolute Gasteiger partial charge is 0.496 e. The molecule has 0 N–H and O–H groups in total. The lowest BCUT2D eigenvalue weighted by Gasteiger charge is -2.55. The zero-order chi connectivity index (χ0) is 22.4. The Kier molecular flexibility index (Phi) is 5.58. The van der Waals surface area contributed by atoms with Crippen molar-refractivity contribution in [3.05, 3.63) is 59.7 Å². The molecule has 170 valence electrons. The molecule has 0 spiro atoms. The van der Waals surface area contributed by atoms with E-state index >= 15 is 0 Å². The third kappa shape index (κ3) is 4.15. The number of methoxy groups -OCH3 is 1. The van der Waals surface area contributed by atoms with Crippen LogP contribution in [0.5, 0.6) is 5.75 Å². The first-order valence-electron chi connectivity index (χ1n) is 12.0. The SMILES string of the molecule is COc1ccc(C=CC(=O)C23CC4CC(CC(C4)C2)C3)cc1CSc1nc2ccccc2s1. The first-order valence-corrected chi connectivity index (χ1v) is 13.8. The Balaban J connectivity index is 1.18. The first-order chi connectivity index (χ1) is 16.1. The smallest absolute Gasteiger partial charge is 0.161 e. The predicted octanol–water partition coefficient (Wildman–Crippen LogP) is 7.40. The van der Waals surface area contributed by atoms with Crippen molar-refractivity contribution < 1.29 is 9.53 Å². The molecule has 4 bridgehead atoms. The summed E-state index contributed by atoms with van der Waals surface area (Å²) in [5.41, 5.74) is 3.18. The van der Waals surface area contributed by atoms with Crippen molar-refractivity contribution in [3.8, 4) is 5.75 Å². The van der Waals surface area contributed by atoms with Gasteiger partial charge >= 0.3 is 0 Å². The highest BCUT2D eigenvalue weighted by molar-refractivity contribution is 8.00. The molecule has 1 heterocycles. The average Bonchev–Trinajstić information content (AvgIpc) is 3.23. The third-order valence-corrected chi connectivity index (χ3v) is 10.1. The summed E-state index contributed by atoms with van der Waals surface area (Å²) in [6, 6.07) is 14.5. The van der Waals surface area contributed by atoms with Crippen LogP contribution in [0, 0.1) is 23.2 Å². The predicted molar refractivity (Wildman–Crippen MR) is 137 cm³/mol. The van der Waals surface area contributed by atoms with Crippen molar-refractivity contribution in [2.75, 3.05) is 7.11 Å². The van der Waals surface area contributed by atoms with Crippen molar-refractivity contribution in [2.24, 2.45) is 23.2 Å². The summed E-state index contributed by atoms with van der Waals surface area (Å²) < 4.78 is 7.90. The molecule has 3 nitrogen and oxygen atoms in total. The fraction of sp³-hybridized carbons (Fsp3) is 0.429. The van der Waals surface area contributed by atoms with E-state index in [1.807, 2.05) is 30.4 Å². The van der Waals surface area contributed by atoms with Gasteiger partial charge in [0.25, 0.3) is 0 Å². The Hall–Kier alpha value is -2.11. The molecule has 4 aliphatic carbocycles. The zero-order valence-electron chi connectivity index (χ0n) is 19.0. The number of nitrogens with zero attached hydrogens (tertiary/aromatic N) is 1. The molecule has 1 aromatic heterocycles. The van der Waals surface area contributed by atoms with Crippen molar-refractivity contribution in [1.82, 2.24) is 4.98 Å².